The highest BCUT2D eigenvalue weighted by atomic mass is 16.4. The molecule has 1 saturated carbocycles. The average molecular weight is 261 g/mol. The Balaban J connectivity index is 2.10. The van der Waals surface area contributed by atoms with Crippen LogP contribution in [0.4, 0.5) is 0 Å². The third-order valence-corrected chi connectivity index (χ3v) is 3.55. The molecule has 0 bridgehead atoms. The van der Waals surface area contributed by atoms with E-state index in [2.05, 4.69) is 23.0 Å². The first-order valence-electron chi connectivity index (χ1n) is 7.02. The zero-order valence-electron chi connectivity index (χ0n) is 11.5. The Kier molecular flexibility index (Phi) is 4.80. The fourth-order valence-electron chi connectivity index (χ4n) is 2.42. The predicted octanol–water partition coefficient (Wildman–Crippen LogP) is 2.40. The van der Waals surface area contributed by atoms with E-state index in [0.717, 1.165) is 36.6 Å². The fraction of sp³-hybridized carbons (Fsp3) is 0.533. The van der Waals surface area contributed by atoms with Crippen molar-refractivity contribution in [3.8, 4) is 0 Å². The van der Waals surface area contributed by atoms with Crippen LogP contribution in [0.2, 0.25) is 0 Å². The van der Waals surface area contributed by atoms with Gasteiger partial charge in [-0.25, -0.2) is 0 Å². The van der Waals surface area contributed by atoms with Crippen molar-refractivity contribution >= 4 is 5.84 Å². The van der Waals surface area contributed by atoms with Crippen LogP contribution in [0.5, 0.6) is 0 Å². The van der Waals surface area contributed by atoms with Gasteiger partial charge < -0.3 is 10.9 Å². The van der Waals surface area contributed by atoms with E-state index >= 15 is 0 Å². The van der Waals surface area contributed by atoms with Crippen molar-refractivity contribution in [1.82, 2.24) is 4.90 Å². The average Bonchev–Trinajstić information content (AvgIpc) is 3.23. The maximum absolute atomic E-state index is 8.85. The summed E-state index contributed by atoms with van der Waals surface area (Å²) < 4.78 is 0. The zero-order chi connectivity index (χ0) is 13.7. The summed E-state index contributed by atoms with van der Waals surface area (Å²) in [4.78, 5) is 2.47. The van der Waals surface area contributed by atoms with Gasteiger partial charge in [0.15, 0.2) is 5.84 Å². The van der Waals surface area contributed by atoms with E-state index in [1.165, 1.54) is 19.4 Å². The maximum atomic E-state index is 8.85. The van der Waals surface area contributed by atoms with Crippen molar-refractivity contribution in [3.05, 3.63) is 35.4 Å². The molecule has 1 aromatic rings. The standard InChI is InChI=1S/C15H23N3O/c1-2-9-18(10-12-7-8-12)11-13-5-3-4-6-14(13)15(16)17-19/h3-6,12,19H,2,7-11H2,1H3,(H2,16,17). The van der Waals surface area contributed by atoms with Crippen molar-refractivity contribution in [3.63, 3.8) is 0 Å². The van der Waals surface area contributed by atoms with Crippen LogP contribution < -0.4 is 5.73 Å². The molecule has 104 valence electrons. The summed E-state index contributed by atoms with van der Waals surface area (Å²) in [5.41, 5.74) is 7.71. The van der Waals surface area contributed by atoms with Gasteiger partial charge in [-0.15, -0.1) is 0 Å². The minimum absolute atomic E-state index is 0.193. The summed E-state index contributed by atoms with van der Waals surface area (Å²) in [5, 5.41) is 12.0. The molecule has 0 atom stereocenters. The first-order chi connectivity index (χ1) is 9.24. The van der Waals surface area contributed by atoms with Crippen molar-refractivity contribution in [2.24, 2.45) is 16.8 Å². The summed E-state index contributed by atoms with van der Waals surface area (Å²) in [6, 6.07) is 7.89. The molecule has 0 saturated heterocycles. The molecule has 1 aliphatic carbocycles. The molecule has 1 aliphatic rings. The topological polar surface area (TPSA) is 61.8 Å². The van der Waals surface area contributed by atoms with Crippen LogP contribution in [0.25, 0.3) is 0 Å². The number of nitrogens with two attached hydrogens (primary N) is 1. The Morgan fingerprint density at radius 3 is 2.79 bits per heavy atom. The lowest BCUT2D eigenvalue weighted by Crippen LogP contribution is -2.28. The van der Waals surface area contributed by atoms with Gasteiger partial charge in [-0.05, 0) is 37.3 Å². The van der Waals surface area contributed by atoms with E-state index < -0.39 is 0 Å². The van der Waals surface area contributed by atoms with E-state index in [4.69, 9.17) is 10.9 Å². The largest absolute Gasteiger partial charge is 0.409 e. The van der Waals surface area contributed by atoms with E-state index in [9.17, 15) is 0 Å². The van der Waals surface area contributed by atoms with Crippen molar-refractivity contribution < 1.29 is 5.21 Å². The first-order valence-corrected chi connectivity index (χ1v) is 7.02. The van der Waals surface area contributed by atoms with E-state index in [1.54, 1.807) is 0 Å². The Morgan fingerprint density at radius 1 is 1.42 bits per heavy atom. The van der Waals surface area contributed by atoms with Gasteiger partial charge in [0, 0.05) is 18.7 Å². The molecule has 0 spiro atoms. The molecular formula is C15H23N3O. The molecule has 0 unspecified atom stereocenters. The monoisotopic (exact) mass is 261 g/mol. The summed E-state index contributed by atoms with van der Waals surface area (Å²) in [7, 11) is 0. The molecule has 1 fully saturated rings. The number of amidine groups is 1. The summed E-state index contributed by atoms with van der Waals surface area (Å²) in [6.45, 7) is 5.34. The molecule has 0 aliphatic heterocycles. The summed E-state index contributed by atoms with van der Waals surface area (Å²) in [6.07, 6.45) is 3.88. The Bertz CT molecular complexity index is 441. The van der Waals surface area contributed by atoms with E-state index in [0.29, 0.717) is 0 Å². The van der Waals surface area contributed by atoms with Crippen LogP contribution in [0.1, 0.15) is 37.3 Å². The van der Waals surface area contributed by atoms with Crippen LogP contribution in [-0.4, -0.2) is 29.0 Å². The number of rotatable bonds is 7. The highest BCUT2D eigenvalue weighted by Crippen LogP contribution is 2.30. The van der Waals surface area contributed by atoms with Gasteiger partial charge in [0.2, 0.25) is 0 Å². The lowest BCUT2D eigenvalue weighted by Gasteiger charge is -2.22. The number of hydrogen-bond acceptors (Lipinski definition) is 3. The third kappa shape index (κ3) is 3.96. The first kappa shape index (κ1) is 13.9. The number of benzene rings is 1. The van der Waals surface area contributed by atoms with Gasteiger partial charge in [-0.2, -0.15) is 0 Å². The Labute approximate surface area is 114 Å². The minimum atomic E-state index is 0.193. The summed E-state index contributed by atoms with van der Waals surface area (Å²) in [5.74, 6) is 1.07. The predicted molar refractivity (Wildman–Crippen MR) is 77.2 cm³/mol. The number of nitrogens with zero attached hydrogens (tertiary/aromatic N) is 2. The SMILES string of the molecule is CCCN(Cc1ccccc1C(N)=NO)CC1CC1. The fourth-order valence-corrected chi connectivity index (χ4v) is 2.42. The van der Waals surface area contributed by atoms with Gasteiger partial charge >= 0.3 is 0 Å². The third-order valence-electron chi connectivity index (χ3n) is 3.55. The summed E-state index contributed by atoms with van der Waals surface area (Å²) >= 11 is 0. The van der Waals surface area contributed by atoms with Crippen LogP contribution >= 0.6 is 0 Å². The van der Waals surface area contributed by atoms with Gasteiger partial charge in [0.25, 0.3) is 0 Å². The molecule has 2 rings (SSSR count). The molecule has 4 heteroatoms. The highest BCUT2D eigenvalue weighted by molar-refractivity contribution is 5.98. The molecule has 3 N–H and O–H groups in total. The van der Waals surface area contributed by atoms with E-state index in [1.807, 2.05) is 18.2 Å². The van der Waals surface area contributed by atoms with Crippen molar-refractivity contribution in [1.29, 1.82) is 0 Å². The maximum Gasteiger partial charge on any atom is 0.170 e. The quantitative estimate of drug-likeness (QED) is 0.343. The molecule has 0 radical (unpaired) electrons. The molecule has 1 aromatic carbocycles. The van der Waals surface area contributed by atoms with Crippen molar-refractivity contribution in [2.45, 2.75) is 32.7 Å². The molecule has 0 heterocycles. The van der Waals surface area contributed by atoms with Crippen LogP contribution in [0.15, 0.2) is 29.4 Å². The lowest BCUT2D eigenvalue weighted by molar-refractivity contribution is 0.255. The highest BCUT2D eigenvalue weighted by Gasteiger charge is 2.24. The van der Waals surface area contributed by atoms with Crippen LogP contribution in [0.3, 0.4) is 0 Å². The molecule has 0 amide bonds. The number of hydrogen-bond donors (Lipinski definition) is 2. The van der Waals surface area contributed by atoms with Crippen molar-refractivity contribution in [2.75, 3.05) is 13.1 Å². The van der Waals surface area contributed by atoms with Crippen LogP contribution in [-0.2, 0) is 6.54 Å². The second-order valence-corrected chi connectivity index (χ2v) is 5.32. The second-order valence-electron chi connectivity index (χ2n) is 5.32. The van der Waals surface area contributed by atoms with Crippen LogP contribution in [0, 0.1) is 5.92 Å². The smallest absolute Gasteiger partial charge is 0.170 e. The molecule has 4 nitrogen and oxygen atoms in total. The van der Waals surface area contributed by atoms with Gasteiger partial charge in [0.05, 0.1) is 0 Å². The second kappa shape index (κ2) is 6.57. The molecule has 0 aromatic heterocycles. The van der Waals surface area contributed by atoms with Gasteiger partial charge in [0.1, 0.15) is 0 Å². The number of oxime groups is 1. The zero-order valence-corrected chi connectivity index (χ0v) is 11.5. The van der Waals surface area contributed by atoms with E-state index in [-0.39, 0.29) is 5.84 Å². The Morgan fingerprint density at radius 2 is 2.16 bits per heavy atom. The Hall–Kier alpha value is -1.55. The minimum Gasteiger partial charge on any atom is -0.409 e. The normalized spacial score (nSPS) is 16.0. The molecule has 19 heavy (non-hydrogen) atoms. The molecular weight excluding hydrogens is 238 g/mol. The van der Waals surface area contributed by atoms with Gasteiger partial charge in [-0.3, -0.25) is 4.90 Å². The lowest BCUT2D eigenvalue weighted by atomic mass is 10.1. The van der Waals surface area contributed by atoms with Gasteiger partial charge in [-0.1, -0.05) is 36.3 Å².